The number of pyridine rings is 1. The van der Waals surface area contributed by atoms with E-state index in [9.17, 15) is 4.79 Å². The molecule has 3 heteroatoms. The van der Waals surface area contributed by atoms with Crippen molar-refractivity contribution in [1.82, 2.24) is 9.88 Å². The van der Waals surface area contributed by atoms with Crippen LogP contribution in [0.5, 0.6) is 0 Å². The molecule has 1 aliphatic rings. The Hall–Kier alpha value is -2.16. The number of benzene rings is 1. The monoisotopic (exact) mass is 294 g/mol. The molecule has 0 aliphatic carbocycles. The van der Waals surface area contributed by atoms with E-state index >= 15 is 0 Å². The lowest BCUT2D eigenvalue weighted by Gasteiger charge is -2.30. The van der Waals surface area contributed by atoms with Crippen LogP contribution in [0, 0.1) is 12.8 Å². The number of nitrogens with zero attached hydrogens (tertiary/aromatic N) is 2. The number of carbonyl (C=O) groups excluding carboxylic acids is 1. The molecule has 0 saturated carbocycles. The molecule has 3 nitrogen and oxygen atoms in total. The molecular weight excluding hydrogens is 272 g/mol. The Balaban J connectivity index is 1.81. The number of amides is 1. The van der Waals surface area contributed by atoms with Gasteiger partial charge in [0, 0.05) is 36.1 Å². The summed E-state index contributed by atoms with van der Waals surface area (Å²) in [5, 5.41) is 0. The Kier molecular flexibility index (Phi) is 4.23. The predicted molar refractivity (Wildman–Crippen MR) is 88.7 cm³/mol. The molecule has 2 heterocycles. The van der Waals surface area contributed by atoms with Gasteiger partial charge in [0.2, 0.25) is 0 Å². The van der Waals surface area contributed by atoms with Crippen LogP contribution in [0.15, 0.2) is 42.6 Å². The minimum absolute atomic E-state index is 0.147. The van der Waals surface area contributed by atoms with Crippen molar-refractivity contribution in [1.29, 1.82) is 0 Å². The first-order chi connectivity index (χ1) is 10.6. The van der Waals surface area contributed by atoms with Crippen LogP contribution >= 0.6 is 0 Å². The highest BCUT2D eigenvalue weighted by Gasteiger charge is 2.21. The average Bonchev–Trinajstić information content (AvgIpc) is 2.56. The number of hydrogen-bond donors (Lipinski definition) is 0. The number of piperidine rings is 1. The minimum Gasteiger partial charge on any atom is -0.339 e. The van der Waals surface area contributed by atoms with E-state index in [1.54, 1.807) is 0 Å². The SMILES string of the molecule is Cc1ccc(-c2cccc(C(=O)N3CCC(C)CC3)c2)cn1. The number of rotatable bonds is 2. The summed E-state index contributed by atoms with van der Waals surface area (Å²) in [7, 11) is 0. The number of aryl methyl sites for hydroxylation is 1. The molecule has 0 bridgehead atoms. The van der Waals surface area contributed by atoms with Crippen molar-refractivity contribution in [2.75, 3.05) is 13.1 Å². The molecule has 0 radical (unpaired) electrons. The fraction of sp³-hybridized carbons (Fsp3) is 0.368. The molecule has 114 valence electrons. The van der Waals surface area contributed by atoms with Gasteiger partial charge in [-0.2, -0.15) is 0 Å². The summed E-state index contributed by atoms with van der Waals surface area (Å²) < 4.78 is 0. The third kappa shape index (κ3) is 3.19. The van der Waals surface area contributed by atoms with Crippen LogP contribution in [0.2, 0.25) is 0 Å². The quantitative estimate of drug-likeness (QED) is 0.841. The topological polar surface area (TPSA) is 33.2 Å². The van der Waals surface area contributed by atoms with Gasteiger partial charge in [-0.25, -0.2) is 0 Å². The van der Waals surface area contributed by atoms with E-state index < -0.39 is 0 Å². The van der Waals surface area contributed by atoms with E-state index in [1.807, 2.05) is 48.4 Å². The standard InChI is InChI=1S/C19H22N2O/c1-14-8-10-21(11-9-14)19(22)17-5-3-4-16(12-17)18-7-6-15(2)20-13-18/h3-7,12-14H,8-11H2,1-2H3. The number of likely N-dealkylation sites (tertiary alicyclic amines) is 1. The molecule has 0 N–H and O–H groups in total. The van der Waals surface area contributed by atoms with Crippen LogP contribution in [0.4, 0.5) is 0 Å². The first kappa shape index (κ1) is 14.8. The lowest BCUT2D eigenvalue weighted by atomic mass is 9.98. The molecule has 2 aromatic rings. The van der Waals surface area contributed by atoms with Crippen molar-refractivity contribution >= 4 is 5.91 Å². The second kappa shape index (κ2) is 6.30. The molecule has 1 fully saturated rings. The lowest BCUT2D eigenvalue weighted by molar-refractivity contribution is 0.0697. The van der Waals surface area contributed by atoms with Crippen LogP contribution in [0.3, 0.4) is 0 Å². The van der Waals surface area contributed by atoms with E-state index in [-0.39, 0.29) is 5.91 Å². The molecule has 22 heavy (non-hydrogen) atoms. The first-order valence-corrected chi connectivity index (χ1v) is 7.96. The predicted octanol–water partition coefficient (Wildman–Crippen LogP) is 3.93. The van der Waals surface area contributed by atoms with Gasteiger partial charge in [0.05, 0.1) is 0 Å². The van der Waals surface area contributed by atoms with Crippen LogP contribution < -0.4 is 0 Å². The third-order valence-corrected chi connectivity index (χ3v) is 4.43. The Bertz CT molecular complexity index is 655. The Morgan fingerprint density at radius 2 is 1.91 bits per heavy atom. The van der Waals surface area contributed by atoms with Gasteiger partial charge in [0.1, 0.15) is 0 Å². The van der Waals surface area contributed by atoms with Gasteiger partial charge in [-0.1, -0.05) is 25.1 Å². The van der Waals surface area contributed by atoms with E-state index in [1.165, 1.54) is 0 Å². The summed E-state index contributed by atoms with van der Waals surface area (Å²) >= 11 is 0. The highest BCUT2D eigenvalue weighted by Crippen LogP contribution is 2.22. The van der Waals surface area contributed by atoms with E-state index in [0.29, 0.717) is 0 Å². The number of aromatic nitrogens is 1. The van der Waals surface area contributed by atoms with Gasteiger partial charge in [0.25, 0.3) is 5.91 Å². The fourth-order valence-corrected chi connectivity index (χ4v) is 2.86. The summed E-state index contributed by atoms with van der Waals surface area (Å²) in [6.07, 6.45) is 4.07. The summed E-state index contributed by atoms with van der Waals surface area (Å²) in [6, 6.07) is 11.9. The Labute approximate surface area is 132 Å². The lowest BCUT2D eigenvalue weighted by Crippen LogP contribution is -2.37. The molecular formula is C19H22N2O. The zero-order chi connectivity index (χ0) is 15.5. The van der Waals surface area contributed by atoms with Crippen molar-refractivity contribution in [3.05, 3.63) is 53.9 Å². The highest BCUT2D eigenvalue weighted by molar-refractivity contribution is 5.95. The van der Waals surface area contributed by atoms with E-state index in [0.717, 1.165) is 54.2 Å². The molecule has 0 atom stereocenters. The zero-order valence-electron chi connectivity index (χ0n) is 13.2. The van der Waals surface area contributed by atoms with Crippen LogP contribution in [0.25, 0.3) is 11.1 Å². The molecule has 1 saturated heterocycles. The highest BCUT2D eigenvalue weighted by atomic mass is 16.2. The summed E-state index contributed by atoms with van der Waals surface area (Å²) in [4.78, 5) is 19.0. The van der Waals surface area contributed by atoms with Gasteiger partial charge < -0.3 is 4.90 Å². The van der Waals surface area contributed by atoms with Gasteiger partial charge in [0.15, 0.2) is 0 Å². The Morgan fingerprint density at radius 3 is 2.59 bits per heavy atom. The first-order valence-electron chi connectivity index (χ1n) is 7.96. The van der Waals surface area contributed by atoms with Crippen LogP contribution in [-0.2, 0) is 0 Å². The molecule has 1 aliphatic heterocycles. The second-order valence-electron chi connectivity index (χ2n) is 6.24. The fourth-order valence-electron chi connectivity index (χ4n) is 2.86. The molecule has 0 spiro atoms. The van der Waals surface area contributed by atoms with Crippen molar-refractivity contribution in [2.45, 2.75) is 26.7 Å². The van der Waals surface area contributed by atoms with Crippen LogP contribution in [0.1, 0.15) is 35.8 Å². The summed E-state index contributed by atoms with van der Waals surface area (Å²) in [5.74, 6) is 0.878. The van der Waals surface area contributed by atoms with Crippen LogP contribution in [-0.4, -0.2) is 28.9 Å². The van der Waals surface area contributed by atoms with Gasteiger partial charge in [-0.05, 0) is 49.4 Å². The maximum atomic E-state index is 12.7. The molecule has 1 aromatic carbocycles. The largest absolute Gasteiger partial charge is 0.339 e. The number of hydrogen-bond acceptors (Lipinski definition) is 2. The van der Waals surface area contributed by atoms with Gasteiger partial charge in [-0.15, -0.1) is 0 Å². The molecule has 1 amide bonds. The normalized spacial score (nSPS) is 15.8. The van der Waals surface area contributed by atoms with Crippen molar-refractivity contribution in [2.24, 2.45) is 5.92 Å². The summed E-state index contributed by atoms with van der Waals surface area (Å²) in [5.41, 5.74) is 3.86. The molecule has 3 rings (SSSR count). The zero-order valence-corrected chi connectivity index (χ0v) is 13.2. The van der Waals surface area contributed by atoms with Crippen molar-refractivity contribution in [3.8, 4) is 11.1 Å². The Morgan fingerprint density at radius 1 is 1.14 bits per heavy atom. The number of carbonyl (C=O) groups is 1. The summed E-state index contributed by atoms with van der Waals surface area (Å²) in [6.45, 7) is 5.97. The second-order valence-corrected chi connectivity index (χ2v) is 6.24. The van der Waals surface area contributed by atoms with Crippen molar-refractivity contribution in [3.63, 3.8) is 0 Å². The maximum absolute atomic E-state index is 12.7. The maximum Gasteiger partial charge on any atom is 0.253 e. The average molecular weight is 294 g/mol. The minimum atomic E-state index is 0.147. The molecule has 0 unspecified atom stereocenters. The van der Waals surface area contributed by atoms with Gasteiger partial charge in [-0.3, -0.25) is 9.78 Å². The third-order valence-electron chi connectivity index (χ3n) is 4.43. The van der Waals surface area contributed by atoms with Crippen molar-refractivity contribution < 1.29 is 4.79 Å². The van der Waals surface area contributed by atoms with E-state index in [2.05, 4.69) is 18.0 Å². The van der Waals surface area contributed by atoms with E-state index in [4.69, 9.17) is 0 Å². The smallest absolute Gasteiger partial charge is 0.253 e. The van der Waals surface area contributed by atoms with Gasteiger partial charge >= 0.3 is 0 Å². The molecule has 1 aromatic heterocycles.